The summed E-state index contributed by atoms with van der Waals surface area (Å²) in [7, 11) is 2.17. The Hall–Kier alpha value is -1.99. The van der Waals surface area contributed by atoms with Gasteiger partial charge in [-0.1, -0.05) is 12.8 Å². The summed E-state index contributed by atoms with van der Waals surface area (Å²) >= 11 is 0. The lowest BCUT2D eigenvalue weighted by atomic mass is 10.1. The molecule has 24 heavy (non-hydrogen) atoms. The van der Waals surface area contributed by atoms with Crippen LogP contribution in [0.2, 0.25) is 0 Å². The first kappa shape index (κ1) is 18.4. The van der Waals surface area contributed by atoms with Gasteiger partial charge in [0.1, 0.15) is 5.82 Å². The topological polar surface area (TPSA) is 90.4 Å². The second kappa shape index (κ2) is 9.34. The normalized spacial score (nSPS) is 16.7. The number of nitrogens with zero attached hydrogens (tertiary/aromatic N) is 3. The predicted molar refractivity (Wildman–Crippen MR) is 93.5 cm³/mol. The molecule has 1 heterocycles. The molecule has 0 radical (unpaired) electrons. The Morgan fingerprint density at radius 3 is 2.79 bits per heavy atom. The first-order valence-corrected chi connectivity index (χ1v) is 8.46. The fourth-order valence-corrected chi connectivity index (χ4v) is 3.17. The van der Waals surface area contributed by atoms with Gasteiger partial charge in [0, 0.05) is 25.2 Å². The van der Waals surface area contributed by atoms with E-state index >= 15 is 0 Å². The summed E-state index contributed by atoms with van der Waals surface area (Å²) in [6.07, 6.45) is 11.4. The molecule has 1 aromatic heterocycles. The molecule has 0 saturated heterocycles. The Labute approximate surface area is 143 Å². The van der Waals surface area contributed by atoms with E-state index in [1.165, 1.54) is 43.3 Å². The van der Waals surface area contributed by atoms with Gasteiger partial charge in [-0.15, -0.1) is 0 Å². The van der Waals surface area contributed by atoms with Crippen molar-refractivity contribution in [2.75, 3.05) is 25.5 Å². The van der Waals surface area contributed by atoms with E-state index in [-0.39, 0.29) is 6.04 Å². The molecule has 7 nitrogen and oxygen atoms in total. The van der Waals surface area contributed by atoms with Crippen LogP contribution in [0.1, 0.15) is 38.3 Å². The summed E-state index contributed by atoms with van der Waals surface area (Å²) in [4.78, 5) is 21.8. The number of carbonyl (C=O) groups is 1. The first-order valence-electron chi connectivity index (χ1n) is 8.46. The van der Waals surface area contributed by atoms with Gasteiger partial charge < -0.3 is 10.2 Å². The van der Waals surface area contributed by atoms with Crippen molar-refractivity contribution in [3.63, 3.8) is 0 Å². The first-order chi connectivity index (χ1) is 11.6. The van der Waals surface area contributed by atoms with Gasteiger partial charge in [-0.05, 0) is 38.8 Å². The molecule has 0 spiro atoms. The third kappa shape index (κ3) is 6.25. The maximum absolute atomic E-state index is 10.9. The molecular formula is C17H27N5O2. The molecule has 0 aliphatic heterocycles. The van der Waals surface area contributed by atoms with Crippen LogP contribution in [0, 0.1) is 5.92 Å². The van der Waals surface area contributed by atoms with Gasteiger partial charge >= 0.3 is 0 Å². The lowest BCUT2D eigenvalue weighted by Gasteiger charge is -2.25. The van der Waals surface area contributed by atoms with Gasteiger partial charge in [-0.25, -0.2) is 10.5 Å². The maximum Gasteiger partial charge on any atom is 0.267 e. The standard InChI is InChI=1S/C17H27N5O2/c1-13(11-22(2)12-14-5-3-4-6-14)20-16-10-18-15(9-19-16)7-8-17(23)21-24/h7-10,13-14,24H,3-6,11-12H2,1-2H3,(H,19,20)(H,21,23)/b8-7+/t13-/m1/s1. The van der Waals surface area contributed by atoms with E-state index in [0.29, 0.717) is 11.5 Å². The van der Waals surface area contributed by atoms with Crippen molar-refractivity contribution in [1.82, 2.24) is 20.3 Å². The van der Waals surface area contributed by atoms with Crippen LogP contribution in [0.4, 0.5) is 5.82 Å². The van der Waals surface area contributed by atoms with Crippen LogP contribution in [0.15, 0.2) is 18.5 Å². The lowest BCUT2D eigenvalue weighted by molar-refractivity contribution is -0.124. The van der Waals surface area contributed by atoms with Crippen molar-refractivity contribution < 1.29 is 10.0 Å². The lowest BCUT2D eigenvalue weighted by Crippen LogP contribution is -2.35. The van der Waals surface area contributed by atoms with E-state index < -0.39 is 5.91 Å². The van der Waals surface area contributed by atoms with Gasteiger partial charge in [-0.2, -0.15) is 0 Å². The second-order valence-corrected chi connectivity index (χ2v) is 6.55. The van der Waals surface area contributed by atoms with E-state index in [0.717, 1.165) is 19.0 Å². The SMILES string of the molecule is C[C@H](CN(C)CC1CCCC1)Nc1cnc(/C=C/C(=O)NO)cn1. The number of hydrogen-bond donors (Lipinski definition) is 3. The Balaban J connectivity index is 1.77. The quantitative estimate of drug-likeness (QED) is 0.382. The van der Waals surface area contributed by atoms with Crippen molar-refractivity contribution in [2.24, 2.45) is 5.92 Å². The molecule has 0 aromatic carbocycles. The largest absolute Gasteiger partial charge is 0.365 e. The minimum Gasteiger partial charge on any atom is -0.365 e. The zero-order valence-electron chi connectivity index (χ0n) is 14.4. The van der Waals surface area contributed by atoms with E-state index in [4.69, 9.17) is 5.21 Å². The van der Waals surface area contributed by atoms with Gasteiger partial charge in [0.15, 0.2) is 0 Å². The summed E-state index contributed by atoms with van der Waals surface area (Å²) in [6.45, 7) is 4.25. The Kier molecular flexibility index (Phi) is 7.14. The fourth-order valence-electron chi connectivity index (χ4n) is 3.17. The monoisotopic (exact) mass is 333 g/mol. The van der Waals surface area contributed by atoms with Crippen molar-refractivity contribution in [3.05, 3.63) is 24.2 Å². The average molecular weight is 333 g/mol. The molecule has 1 fully saturated rings. The summed E-state index contributed by atoms with van der Waals surface area (Å²) in [5, 5.41) is 11.8. The molecule has 1 amide bonds. The highest BCUT2D eigenvalue weighted by Crippen LogP contribution is 2.25. The zero-order valence-corrected chi connectivity index (χ0v) is 14.4. The van der Waals surface area contributed by atoms with E-state index in [1.807, 2.05) is 0 Å². The van der Waals surface area contributed by atoms with Crippen LogP contribution in [0.5, 0.6) is 0 Å². The number of anilines is 1. The van der Waals surface area contributed by atoms with Crippen molar-refractivity contribution in [1.29, 1.82) is 0 Å². The number of carbonyl (C=O) groups excluding carboxylic acids is 1. The molecule has 0 unspecified atom stereocenters. The van der Waals surface area contributed by atoms with Crippen LogP contribution >= 0.6 is 0 Å². The number of amides is 1. The van der Waals surface area contributed by atoms with E-state index in [1.54, 1.807) is 12.4 Å². The zero-order chi connectivity index (χ0) is 17.4. The highest BCUT2D eigenvalue weighted by Gasteiger charge is 2.17. The third-order valence-electron chi connectivity index (χ3n) is 4.21. The Morgan fingerprint density at radius 2 is 2.17 bits per heavy atom. The van der Waals surface area contributed by atoms with Gasteiger partial charge in [0.2, 0.25) is 0 Å². The Morgan fingerprint density at radius 1 is 1.42 bits per heavy atom. The average Bonchev–Trinajstić information content (AvgIpc) is 3.06. The van der Waals surface area contributed by atoms with E-state index in [9.17, 15) is 4.79 Å². The summed E-state index contributed by atoms with van der Waals surface area (Å²) < 4.78 is 0. The van der Waals surface area contributed by atoms with Crippen LogP contribution < -0.4 is 10.8 Å². The van der Waals surface area contributed by atoms with Crippen molar-refractivity contribution in [3.8, 4) is 0 Å². The molecule has 1 atom stereocenters. The molecule has 3 N–H and O–H groups in total. The van der Waals surface area contributed by atoms with Gasteiger partial charge in [0.25, 0.3) is 5.91 Å². The number of hydroxylamine groups is 1. The summed E-state index contributed by atoms with van der Waals surface area (Å²) in [5.74, 6) is 0.961. The van der Waals surface area contributed by atoms with Crippen LogP contribution in [-0.4, -0.2) is 52.2 Å². The molecule has 0 bridgehead atoms. The van der Waals surface area contributed by atoms with E-state index in [2.05, 4.69) is 34.2 Å². The molecule has 132 valence electrons. The minimum atomic E-state index is -0.599. The highest BCUT2D eigenvalue weighted by atomic mass is 16.5. The van der Waals surface area contributed by atoms with Gasteiger partial charge in [-0.3, -0.25) is 15.0 Å². The van der Waals surface area contributed by atoms with Crippen molar-refractivity contribution >= 4 is 17.8 Å². The number of aromatic nitrogens is 2. The van der Waals surface area contributed by atoms with Gasteiger partial charge in [0.05, 0.1) is 18.1 Å². The fraction of sp³-hybridized carbons (Fsp3) is 0.588. The van der Waals surface area contributed by atoms with Crippen LogP contribution in [0.25, 0.3) is 6.08 Å². The number of rotatable bonds is 8. The number of likely N-dealkylation sites (N-methyl/N-ethyl adjacent to an activating group) is 1. The predicted octanol–water partition coefficient (Wildman–Crippen LogP) is 1.92. The molecule has 1 aliphatic carbocycles. The maximum atomic E-state index is 10.9. The van der Waals surface area contributed by atoms with Crippen LogP contribution in [0.3, 0.4) is 0 Å². The van der Waals surface area contributed by atoms with Crippen LogP contribution in [-0.2, 0) is 4.79 Å². The smallest absolute Gasteiger partial charge is 0.267 e. The minimum absolute atomic E-state index is 0.271. The third-order valence-corrected chi connectivity index (χ3v) is 4.21. The highest BCUT2D eigenvalue weighted by molar-refractivity contribution is 5.90. The molecule has 1 aromatic rings. The molecule has 7 heteroatoms. The summed E-state index contributed by atoms with van der Waals surface area (Å²) in [5.41, 5.74) is 2.08. The summed E-state index contributed by atoms with van der Waals surface area (Å²) in [6, 6.07) is 0.271. The molecule has 2 rings (SSSR count). The second-order valence-electron chi connectivity index (χ2n) is 6.55. The number of nitrogens with one attached hydrogen (secondary N) is 2. The van der Waals surface area contributed by atoms with Crippen molar-refractivity contribution in [2.45, 2.75) is 38.6 Å². The molecule has 1 aliphatic rings. The number of hydrogen-bond acceptors (Lipinski definition) is 6. The molecular weight excluding hydrogens is 306 g/mol. The molecule has 1 saturated carbocycles. The Bertz CT molecular complexity index is 540.